The van der Waals surface area contributed by atoms with Crippen LogP contribution in [0.5, 0.6) is 0 Å². The molecule has 0 saturated carbocycles. The van der Waals surface area contributed by atoms with Gasteiger partial charge in [0.25, 0.3) is 0 Å². The normalized spacial score (nSPS) is 23.0. The van der Waals surface area contributed by atoms with E-state index in [-0.39, 0.29) is 81.2 Å². The van der Waals surface area contributed by atoms with E-state index in [1.807, 2.05) is 0 Å². The second-order valence-electron chi connectivity index (χ2n) is 32.1. The van der Waals surface area contributed by atoms with Crippen LogP contribution in [0.15, 0.2) is 202 Å². The van der Waals surface area contributed by atoms with E-state index in [0.717, 1.165) is 96.3 Å². The highest BCUT2D eigenvalue weighted by Gasteiger charge is 2.48. The first kappa shape index (κ1) is 75.8. The van der Waals surface area contributed by atoms with Crippen molar-refractivity contribution in [2.45, 2.75) is 214 Å². The third-order valence-electron chi connectivity index (χ3n) is 20.0. The molecule has 0 nitrogen and oxygen atoms in total. The molecule has 0 bridgehead atoms. The summed E-state index contributed by atoms with van der Waals surface area (Å²) >= 11 is 0. The average molecular weight is 1090 g/mol. The van der Waals surface area contributed by atoms with Crippen LogP contribution in [-0.2, 0) is 0 Å². The topological polar surface area (TPSA) is 0 Å². The molecular formula is C80H130. The van der Waals surface area contributed by atoms with Crippen molar-refractivity contribution in [2.24, 2.45) is 87.1 Å². The molecule has 0 aliphatic rings. The predicted octanol–water partition coefficient (Wildman–Crippen LogP) is 25.6. The van der Waals surface area contributed by atoms with Gasteiger partial charge in [0.2, 0.25) is 0 Å². The summed E-state index contributed by atoms with van der Waals surface area (Å²) < 4.78 is 0. The van der Waals surface area contributed by atoms with E-state index in [1.165, 1.54) is 0 Å². The van der Waals surface area contributed by atoms with E-state index >= 15 is 0 Å². The van der Waals surface area contributed by atoms with Crippen LogP contribution in [0.4, 0.5) is 0 Å². The molecule has 0 radical (unpaired) electrons. The van der Waals surface area contributed by atoms with Gasteiger partial charge < -0.3 is 0 Å². The maximum atomic E-state index is 4.54. The minimum absolute atomic E-state index is 0.0137. The van der Waals surface area contributed by atoms with Crippen LogP contribution >= 0.6 is 0 Å². The van der Waals surface area contributed by atoms with Crippen LogP contribution in [0.2, 0.25) is 0 Å². The molecule has 0 heterocycles. The first-order valence-electron chi connectivity index (χ1n) is 30.4. The molecule has 80 heavy (non-hydrogen) atoms. The van der Waals surface area contributed by atoms with E-state index in [0.29, 0.717) is 5.92 Å². The molecule has 0 fully saturated rings. The third kappa shape index (κ3) is 22.5. The SMILES string of the molecule is C=CC(C)CC(C)(C=C)CC(C)(C=C)CC(C)(C=C)CC(C)(C=C)CC(C)(C=C)CC(C)(C=C)CC(C)(C=C)CC(C)(C=C)CC(C)(C=C)CC(C)(C=C)CC(C)(C=C)CC(C)(C=C)CC(C)(C=C)CC(C)(C=C)CC(C)(C)C=C. The first-order valence-corrected chi connectivity index (χ1v) is 30.4. The minimum Gasteiger partial charge on any atom is -0.103 e. The molecule has 0 aromatic rings. The van der Waals surface area contributed by atoms with E-state index in [4.69, 9.17) is 0 Å². The highest BCUT2D eigenvalue weighted by molar-refractivity contribution is 5.17. The molecular weight excluding hydrogens is 961 g/mol. The second kappa shape index (κ2) is 28.4. The van der Waals surface area contributed by atoms with Gasteiger partial charge in [0, 0.05) is 0 Å². The molecule has 0 aromatic carbocycles. The highest BCUT2D eigenvalue weighted by atomic mass is 14.5. The van der Waals surface area contributed by atoms with E-state index < -0.39 is 0 Å². The highest BCUT2D eigenvalue weighted by Crippen LogP contribution is 2.59. The van der Waals surface area contributed by atoms with Gasteiger partial charge in [0.1, 0.15) is 0 Å². The van der Waals surface area contributed by atoms with Crippen molar-refractivity contribution < 1.29 is 0 Å². The Kier molecular flexibility index (Phi) is 26.9. The molecule has 0 spiro atoms. The Bertz CT molecular complexity index is 2240. The lowest BCUT2D eigenvalue weighted by atomic mass is 9.55. The second-order valence-corrected chi connectivity index (χ2v) is 32.1. The smallest absolute Gasteiger partial charge is 0.0133 e. The zero-order chi connectivity index (χ0) is 63.0. The van der Waals surface area contributed by atoms with Crippen LogP contribution in [0.3, 0.4) is 0 Å². The number of allylic oxidation sites excluding steroid dienone is 16. The fourth-order valence-electron chi connectivity index (χ4n) is 16.8. The van der Waals surface area contributed by atoms with Crippen LogP contribution in [-0.4, -0.2) is 0 Å². The van der Waals surface area contributed by atoms with Gasteiger partial charge in [-0.2, -0.15) is 0 Å². The summed E-state index contributed by atoms with van der Waals surface area (Å²) in [6, 6.07) is 0. The predicted molar refractivity (Wildman–Crippen MR) is 369 cm³/mol. The zero-order valence-electron chi connectivity index (χ0n) is 56.2. The van der Waals surface area contributed by atoms with Crippen molar-refractivity contribution >= 4 is 0 Å². The molecule has 0 aromatic heterocycles. The molecule has 0 aliphatic heterocycles. The van der Waals surface area contributed by atoms with Crippen molar-refractivity contribution in [1.29, 1.82) is 0 Å². The van der Waals surface area contributed by atoms with E-state index in [2.05, 4.69) is 320 Å². The molecule has 15 atom stereocenters. The lowest BCUT2D eigenvalue weighted by Gasteiger charge is -2.49. The van der Waals surface area contributed by atoms with Crippen molar-refractivity contribution in [2.75, 3.05) is 0 Å². The fourth-order valence-corrected chi connectivity index (χ4v) is 16.8. The molecule has 0 saturated heterocycles. The van der Waals surface area contributed by atoms with Gasteiger partial charge in [0.15, 0.2) is 0 Å². The standard InChI is InChI=1S/C80H130/c1-34-65(17)50-67(20,36-3)52-69(22,38-5)54-71(24,40-7)56-73(26,42-9)58-75(28,44-11)60-77(30,46-13)62-79(32,48-15)64-80(33,49-16)63-78(31,47-14)61-76(29,45-12)59-74(27,43-10)57-72(25,41-8)55-70(23,39-6)53-68(21,37-4)51-66(18,19)35-2/h34-49,65H,1-16,50-64H2,17-33H3. The molecule has 0 amide bonds. The summed E-state index contributed by atoms with van der Waals surface area (Å²) in [5.74, 6) is 0.392. The maximum Gasteiger partial charge on any atom is -0.0133 e. The zero-order valence-corrected chi connectivity index (χ0v) is 56.2. The summed E-state index contributed by atoms with van der Waals surface area (Å²) in [6.07, 6.45) is 48.3. The van der Waals surface area contributed by atoms with Crippen LogP contribution in [0.25, 0.3) is 0 Å². The molecule has 0 rings (SSSR count). The van der Waals surface area contributed by atoms with Gasteiger partial charge in [-0.25, -0.2) is 0 Å². The Morgan fingerprint density at radius 3 is 0.438 bits per heavy atom. The number of rotatable bonds is 46. The quantitative estimate of drug-likeness (QED) is 0.0533. The Balaban J connectivity index is 6.92. The Morgan fingerprint density at radius 2 is 0.325 bits per heavy atom. The Labute approximate surface area is 501 Å². The van der Waals surface area contributed by atoms with Crippen LogP contribution in [0, 0.1) is 87.1 Å². The summed E-state index contributed by atoms with van der Waals surface area (Å²) in [4.78, 5) is 0. The van der Waals surface area contributed by atoms with Gasteiger partial charge in [-0.05, 0) is 183 Å². The molecule has 0 aliphatic carbocycles. The van der Waals surface area contributed by atoms with Crippen molar-refractivity contribution in [1.82, 2.24) is 0 Å². The van der Waals surface area contributed by atoms with Gasteiger partial charge >= 0.3 is 0 Å². The largest absolute Gasteiger partial charge is 0.103 e. The lowest BCUT2D eigenvalue weighted by Crippen LogP contribution is -2.38. The van der Waals surface area contributed by atoms with Gasteiger partial charge in [-0.1, -0.05) is 215 Å². The van der Waals surface area contributed by atoms with E-state index in [1.54, 1.807) is 0 Å². The van der Waals surface area contributed by atoms with Crippen LogP contribution < -0.4 is 0 Å². The number of hydrogen-bond donors (Lipinski definition) is 0. The molecule has 0 heteroatoms. The Hall–Kier alpha value is -4.16. The Morgan fingerprint density at radius 1 is 0.200 bits per heavy atom. The van der Waals surface area contributed by atoms with Crippen molar-refractivity contribution in [3.05, 3.63) is 202 Å². The minimum atomic E-state index is -0.250. The van der Waals surface area contributed by atoms with Crippen molar-refractivity contribution in [3.63, 3.8) is 0 Å². The average Bonchev–Trinajstić information content (AvgIpc) is 3.37. The van der Waals surface area contributed by atoms with Crippen molar-refractivity contribution in [3.8, 4) is 0 Å². The summed E-state index contributed by atoms with van der Waals surface area (Å²) in [5, 5.41) is 0. The monoisotopic (exact) mass is 1090 g/mol. The molecule has 0 N–H and O–H groups in total. The summed E-state index contributed by atoms with van der Waals surface area (Å²) in [6.45, 7) is 111. The van der Waals surface area contributed by atoms with Gasteiger partial charge in [-0.3, -0.25) is 0 Å². The number of hydrogen-bond acceptors (Lipinski definition) is 0. The van der Waals surface area contributed by atoms with Gasteiger partial charge in [0.05, 0.1) is 0 Å². The lowest BCUT2D eigenvalue weighted by molar-refractivity contribution is 0.0831. The van der Waals surface area contributed by atoms with E-state index in [9.17, 15) is 0 Å². The first-order chi connectivity index (χ1) is 36.3. The summed E-state index contributed by atoms with van der Waals surface area (Å²) in [7, 11) is 0. The molecule has 15 unspecified atom stereocenters. The fraction of sp³-hybridized carbons (Fsp3) is 0.600. The third-order valence-corrected chi connectivity index (χ3v) is 20.0. The van der Waals surface area contributed by atoms with Crippen LogP contribution in [0.1, 0.15) is 214 Å². The summed E-state index contributed by atoms with van der Waals surface area (Å²) in [5.41, 5.74) is -2.75. The molecule has 450 valence electrons. The van der Waals surface area contributed by atoms with Gasteiger partial charge in [-0.15, -0.1) is 105 Å². The maximum absolute atomic E-state index is 4.54.